The number of carbonyl (C=O) groups is 1. The first-order chi connectivity index (χ1) is 11.6. The summed E-state index contributed by atoms with van der Waals surface area (Å²) in [5, 5.41) is 13.6. The smallest absolute Gasteiger partial charge is 0.271 e. The number of rotatable bonds is 6. The molecule has 0 aliphatic heterocycles. The molecular formula is C17H16N4O3. The number of carbonyl (C=O) groups excluding carboxylic acids is 1. The van der Waals surface area contributed by atoms with Crippen LogP contribution in [-0.2, 0) is 17.8 Å². The number of imidazole rings is 1. The SMILES string of the molecule is O=C(CCc1nc2ccc([N+](=O)[O-])cc2[nH]1)NCc1ccccc1. The zero-order valence-corrected chi connectivity index (χ0v) is 12.9. The van der Waals surface area contributed by atoms with E-state index in [-0.39, 0.29) is 11.6 Å². The lowest BCUT2D eigenvalue weighted by atomic mass is 10.2. The van der Waals surface area contributed by atoms with Crippen molar-refractivity contribution in [2.24, 2.45) is 0 Å². The van der Waals surface area contributed by atoms with Crippen LogP contribution in [-0.4, -0.2) is 20.8 Å². The third-order valence-corrected chi connectivity index (χ3v) is 3.65. The number of nitro benzene ring substituents is 1. The van der Waals surface area contributed by atoms with Gasteiger partial charge in [-0.2, -0.15) is 0 Å². The first-order valence-corrected chi connectivity index (χ1v) is 7.55. The average molecular weight is 324 g/mol. The molecule has 0 saturated carbocycles. The molecule has 1 heterocycles. The molecule has 0 fully saturated rings. The van der Waals surface area contributed by atoms with Gasteiger partial charge in [0.2, 0.25) is 5.91 Å². The van der Waals surface area contributed by atoms with Crippen LogP contribution in [0, 0.1) is 10.1 Å². The van der Waals surface area contributed by atoms with Crippen molar-refractivity contribution < 1.29 is 9.72 Å². The number of aromatic amines is 1. The van der Waals surface area contributed by atoms with E-state index in [0.29, 0.717) is 36.2 Å². The highest BCUT2D eigenvalue weighted by atomic mass is 16.6. The number of aryl methyl sites for hydroxylation is 1. The molecule has 0 atom stereocenters. The van der Waals surface area contributed by atoms with Crippen molar-refractivity contribution in [1.82, 2.24) is 15.3 Å². The molecule has 0 radical (unpaired) electrons. The van der Waals surface area contributed by atoms with Crippen LogP contribution in [0.15, 0.2) is 48.5 Å². The lowest BCUT2D eigenvalue weighted by Gasteiger charge is -2.04. The third-order valence-electron chi connectivity index (χ3n) is 3.65. The molecule has 0 spiro atoms. The molecule has 0 bridgehead atoms. The van der Waals surface area contributed by atoms with E-state index >= 15 is 0 Å². The fourth-order valence-electron chi connectivity index (χ4n) is 2.40. The number of fused-ring (bicyclic) bond motifs is 1. The molecule has 3 rings (SSSR count). The quantitative estimate of drug-likeness (QED) is 0.537. The predicted octanol–water partition coefficient (Wildman–Crippen LogP) is 2.72. The van der Waals surface area contributed by atoms with Crippen molar-refractivity contribution in [3.8, 4) is 0 Å². The van der Waals surface area contributed by atoms with E-state index < -0.39 is 4.92 Å². The second-order valence-corrected chi connectivity index (χ2v) is 5.40. The summed E-state index contributed by atoms with van der Waals surface area (Å²) in [7, 11) is 0. The van der Waals surface area contributed by atoms with E-state index in [2.05, 4.69) is 15.3 Å². The van der Waals surface area contributed by atoms with E-state index in [9.17, 15) is 14.9 Å². The first-order valence-electron chi connectivity index (χ1n) is 7.55. The topological polar surface area (TPSA) is 101 Å². The maximum Gasteiger partial charge on any atom is 0.271 e. The average Bonchev–Trinajstić information content (AvgIpc) is 3.01. The fraction of sp³-hybridized carbons (Fsp3) is 0.176. The zero-order valence-electron chi connectivity index (χ0n) is 12.9. The van der Waals surface area contributed by atoms with Crippen LogP contribution in [0.5, 0.6) is 0 Å². The number of nitrogens with one attached hydrogen (secondary N) is 2. The largest absolute Gasteiger partial charge is 0.352 e. The first kappa shape index (κ1) is 15.7. The Morgan fingerprint density at radius 1 is 1.21 bits per heavy atom. The van der Waals surface area contributed by atoms with Crippen LogP contribution in [0.25, 0.3) is 11.0 Å². The maximum atomic E-state index is 11.9. The number of hydrogen-bond acceptors (Lipinski definition) is 4. The Morgan fingerprint density at radius 2 is 2.00 bits per heavy atom. The lowest BCUT2D eigenvalue weighted by Crippen LogP contribution is -2.23. The van der Waals surface area contributed by atoms with Gasteiger partial charge in [0.25, 0.3) is 5.69 Å². The predicted molar refractivity (Wildman–Crippen MR) is 89.4 cm³/mol. The normalized spacial score (nSPS) is 10.7. The molecule has 3 aromatic rings. The van der Waals surface area contributed by atoms with Crippen molar-refractivity contribution in [2.45, 2.75) is 19.4 Å². The molecule has 7 heteroatoms. The second kappa shape index (κ2) is 6.91. The van der Waals surface area contributed by atoms with Gasteiger partial charge in [0, 0.05) is 31.5 Å². The van der Waals surface area contributed by atoms with E-state index in [1.807, 2.05) is 30.3 Å². The molecule has 2 aromatic carbocycles. The van der Waals surface area contributed by atoms with Gasteiger partial charge in [-0.25, -0.2) is 4.98 Å². The highest BCUT2D eigenvalue weighted by Gasteiger charge is 2.10. The standard InChI is InChI=1S/C17H16N4O3/c22-17(18-11-12-4-2-1-3-5-12)9-8-16-19-14-7-6-13(21(23)24)10-15(14)20-16/h1-7,10H,8-9,11H2,(H,18,22)(H,19,20). The zero-order chi connectivity index (χ0) is 16.9. The summed E-state index contributed by atoms with van der Waals surface area (Å²) in [6.07, 6.45) is 0.748. The van der Waals surface area contributed by atoms with Crippen molar-refractivity contribution in [3.05, 3.63) is 70.0 Å². The van der Waals surface area contributed by atoms with E-state index in [4.69, 9.17) is 0 Å². The highest BCUT2D eigenvalue weighted by molar-refractivity contribution is 5.78. The summed E-state index contributed by atoms with van der Waals surface area (Å²) < 4.78 is 0. The summed E-state index contributed by atoms with van der Waals surface area (Å²) >= 11 is 0. The van der Waals surface area contributed by atoms with Crippen molar-refractivity contribution >= 4 is 22.6 Å². The van der Waals surface area contributed by atoms with Gasteiger partial charge in [0.05, 0.1) is 16.0 Å². The van der Waals surface area contributed by atoms with Gasteiger partial charge in [-0.3, -0.25) is 14.9 Å². The molecule has 1 aromatic heterocycles. The molecule has 7 nitrogen and oxygen atoms in total. The highest BCUT2D eigenvalue weighted by Crippen LogP contribution is 2.19. The van der Waals surface area contributed by atoms with Gasteiger partial charge in [0.15, 0.2) is 0 Å². The number of non-ortho nitro benzene ring substituents is 1. The van der Waals surface area contributed by atoms with Crippen LogP contribution in [0.3, 0.4) is 0 Å². The Morgan fingerprint density at radius 3 is 2.75 bits per heavy atom. The van der Waals surface area contributed by atoms with Gasteiger partial charge in [0.1, 0.15) is 5.82 Å². The molecule has 0 aliphatic rings. The minimum atomic E-state index is -0.447. The monoisotopic (exact) mass is 324 g/mol. The lowest BCUT2D eigenvalue weighted by molar-refractivity contribution is -0.384. The van der Waals surface area contributed by atoms with Crippen molar-refractivity contribution in [3.63, 3.8) is 0 Å². The maximum absolute atomic E-state index is 11.9. The molecule has 1 amide bonds. The number of H-pyrrole nitrogens is 1. The Bertz CT molecular complexity index is 874. The van der Waals surface area contributed by atoms with Crippen LogP contribution in [0.4, 0.5) is 5.69 Å². The number of nitrogens with zero attached hydrogens (tertiary/aromatic N) is 2. The molecule has 0 aliphatic carbocycles. The fourth-order valence-corrected chi connectivity index (χ4v) is 2.40. The Kier molecular flexibility index (Phi) is 4.51. The summed E-state index contributed by atoms with van der Waals surface area (Å²) in [5.41, 5.74) is 2.31. The van der Waals surface area contributed by atoms with Crippen LogP contribution in [0.2, 0.25) is 0 Å². The minimum absolute atomic E-state index is 0.0123. The summed E-state index contributed by atoms with van der Waals surface area (Å²) in [4.78, 5) is 29.6. The van der Waals surface area contributed by atoms with E-state index in [1.165, 1.54) is 12.1 Å². The van der Waals surface area contributed by atoms with Crippen molar-refractivity contribution in [1.29, 1.82) is 0 Å². The van der Waals surface area contributed by atoms with Crippen LogP contribution >= 0.6 is 0 Å². The minimum Gasteiger partial charge on any atom is -0.352 e. The number of aromatic nitrogens is 2. The molecule has 2 N–H and O–H groups in total. The second-order valence-electron chi connectivity index (χ2n) is 5.40. The molecule has 0 unspecified atom stereocenters. The number of hydrogen-bond donors (Lipinski definition) is 2. The Hall–Kier alpha value is -3.22. The number of benzene rings is 2. The Balaban J connectivity index is 1.57. The van der Waals surface area contributed by atoms with Crippen LogP contribution < -0.4 is 5.32 Å². The summed E-state index contributed by atoms with van der Waals surface area (Å²) in [6, 6.07) is 14.1. The van der Waals surface area contributed by atoms with Crippen molar-refractivity contribution in [2.75, 3.05) is 0 Å². The van der Waals surface area contributed by atoms with Gasteiger partial charge < -0.3 is 10.3 Å². The molecule has 122 valence electrons. The van der Waals surface area contributed by atoms with Gasteiger partial charge in [-0.1, -0.05) is 30.3 Å². The number of nitro groups is 1. The van der Waals surface area contributed by atoms with E-state index in [1.54, 1.807) is 6.07 Å². The van der Waals surface area contributed by atoms with Crippen LogP contribution in [0.1, 0.15) is 17.8 Å². The van der Waals surface area contributed by atoms with Gasteiger partial charge in [-0.15, -0.1) is 0 Å². The molecular weight excluding hydrogens is 308 g/mol. The molecule has 24 heavy (non-hydrogen) atoms. The van der Waals surface area contributed by atoms with Gasteiger partial charge >= 0.3 is 0 Å². The molecule has 0 saturated heterocycles. The third kappa shape index (κ3) is 3.75. The summed E-state index contributed by atoms with van der Waals surface area (Å²) in [5.74, 6) is 0.575. The summed E-state index contributed by atoms with van der Waals surface area (Å²) in [6.45, 7) is 0.492. The van der Waals surface area contributed by atoms with Gasteiger partial charge in [-0.05, 0) is 11.6 Å². The van der Waals surface area contributed by atoms with E-state index in [0.717, 1.165) is 5.56 Å². The Labute approximate surface area is 137 Å². The number of amides is 1.